The number of rotatable bonds is 0. The zero-order chi connectivity index (χ0) is 3.58. The van der Waals surface area contributed by atoms with Crippen molar-refractivity contribution in [3.8, 4) is 0 Å². The molecular formula is H2GeNa2O4. The minimum atomic E-state index is -4.08. The predicted octanol–water partition coefficient (Wildman–Crippen LogP) is -9.69. The Kier molecular flexibility index (Phi) is 51.8. The summed E-state index contributed by atoms with van der Waals surface area (Å²) in [5.41, 5.74) is 0. The molecule has 0 unspecified atom stereocenters. The molecule has 7 heavy (non-hydrogen) atoms. The first-order chi connectivity index (χ1) is 1.73. The van der Waals surface area contributed by atoms with Crippen molar-refractivity contribution in [2.75, 3.05) is 0 Å². The molecule has 0 aliphatic heterocycles. The SMILES string of the molecule is O.[Na+].[Na+].[O]=[Ge]([O-])[O-]. The average Bonchev–Trinajstić information content (AvgIpc) is 0.811. The zero-order valence-corrected chi connectivity index (χ0v) is 10.3. The molecule has 0 fully saturated rings. The molecule has 0 bridgehead atoms. The van der Waals surface area contributed by atoms with Gasteiger partial charge in [-0.3, -0.25) is 0 Å². The van der Waals surface area contributed by atoms with E-state index < -0.39 is 15.0 Å². The summed E-state index contributed by atoms with van der Waals surface area (Å²) in [7, 11) is 0. The molecular weight excluding hydrogens is 183 g/mol. The van der Waals surface area contributed by atoms with Crippen molar-refractivity contribution in [1.29, 1.82) is 0 Å². The van der Waals surface area contributed by atoms with Gasteiger partial charge in [-0.1, -0.05) is 0 Å². The second-order valence-corrected chi connectivity index (χ2v) is 1.30. The van der Waals surface area contributed by atoms with Crippen LogP contribution in [0.1, 0.15) is 0 Å². The Morgan fingerprint density at radius 1 is 1.14 bits per heavy atom. The van der Waals surface area contributed by atoms with E-state index >= 15 is 0 Å². The summed E-state index contributed by atoms with van der Waals surface area (Å²) in [5.74, 6) is 0. The zero-order valence-electron chi connectivity index (χ0n) is 4.22. The molecule has 0 radical (unpaired) electrons. The number of hydrogen-bond donors (Lipinski definition) is 0. The quantitative estimate of drug-likeness (QED) is 0.350. The van der Waals surface area contributed by atoms with E-state index in [2.05, 4.69) is 0 Å². The van der Waals surface area contributed by atoms with E-state index in [4.69, 9.17) is 12.0 Å². The van der Waals surface area contributed by atoms with Crippen LogP contribution in [0.5, 0.6) is 0 Å². The van der Waals surface area contributed by atoms with E-state index in [1.165, 1.54) is 0 Å². The van der Waals surface area contributed by atoms with Crippen LogP contribution in [-0.2, 0) is 3.78 Å². The molecule has 0 spiro atoms. The van der Waals surface area contributed by atoms with Gasteiger partial charge in [0.2, 0.25) is 0 Å². The summed E-state index contributed by atoms with van der Waals surface area (Å²) in [6.45, 7) is 0. The van der Waals surface area contributed by atoms with Crippen molar-refractivity contribution in [2.24, 2.45) is 0 Å². The molecule has 4 nitrogen and oxygen atoms in total. The standard InChI is InChI=1S/GeO3.2Na.H2O/c2-1(3)4;;;/h;;;1H2/q-2;2*+1;. The second kappa shape index (κ2) is 15.7. The fraction of sp³-hybridized carbons (Fsp3) is 0. The van der Waals surface area contributed by atoms with E-state index in [9.17, 15) is 0 Å². The van der Waals surface area contributed by atoms with E-state index in [1.54, 1.807) is 0 Å². The van der Waals surface area contributed by atoms with Crippen molar-refractivity contribution in [3.63, 3.8) is 0 Å². The second-order valence-electron chi connectivity index (χ2n) is 0.250. The summed E-state index contributed by atoms with van der Waals surface area (Å²) < 4.78 is 25.8. The van der Waals surface area contributed by atoms with Crippen LogP contribution in [-0.4, -0.2) is 20.4 Å². The van der Waals surface area contributed by atoms with Gasteiger partial charge in [0.25, 0.3) is 0 Å². The average molecular weight is 185 g/mol. The summed E-state index contributed by atoms with van der Waals surface area (Å²) in [6.07, 6.45) is 0. The molecule has 0 aromatic heterocycles. The van der Waals surface area contributed by atoms with Crippen LogP contribution < -0.4 is 67.4 Å². The Hall–Kier alpha value is 1.90. The van der Waals surface area contributed by atoms with Gasteiger partial charge in [0.1, 0.15) is 0 Å². The van der Waals surface area contributed by atoms with Crippen molar-refractivity contribution < 1.29 is 76.6 Å². The van der Waals surface area contributed by atoms with Crippen LogP contribution in [0.4, 0.5) is 0 Å². The third-order valence-electron chi connectivity index (χ3n) is 0. The molecule has 0 amide bonds. The molecule has 32 valence electrons. The summed E-state index contributed by atoms with van der Waals surface area (Å²) in [6, 6.07) is 0. The van der Waals surface area contributed by atoms with E-state index in [0.717, 1.165) is 0 Å². The maximum absolute atomic E-state index is 8.58. The molecule has 0 aromatic rings. The van der Waals surface area contributed by atoms with Crippen LogP contribution in [0.3, 0.4) is 0 Å². The molecule has 0 saturated carbocycles. The summed E-state index contributed by atoms with van der Waals surface area (Å²) >= 11 is -4.08. The van der Waals surface area contributed by atoms with Crippen LogP contribution in [0.15, 0.2) is 0 Å². The van der Waals surface area contributed by atoms with Gasteiger partial charge in [0.15, 0.2) is 0 Å². The molecule has 7 heteroatoms. The van der Waals surface area contributed by atoms with Crippen molar-refractivity contribution in [2.45, 2.75) is 0 Å². The van der Waals surface area contributed by atoms with Crippen molar-refractivity contribution in [1.82, 2.24) is 0 Å². The fourth-order valence-electron chi connectivity index (χ4n) is 0. The Morgan fingerprint density at radius 3 is 1.14 bits per heavy atom. The van der Waals surface area contributed by atoms with E-state index in [0.29, 0.717) is 0 Å². The Balaban J connectivity index is -0.0000000150. The molecule has 0 heterocycles. The van der Waals surface area contributed by atoms with Crippen LogP contribution in [0.2, 0.25) is 0 Å². The number of hydrogen-bond acceptors (Lipinski definition) is 3. The third-order valence-corrected chi connectivity index (χ3v) is 0. The summed E-state index contributed by atoms with van der Waals surface area (Å²) in [4.78, 5) is 0. The first kappa shape index (κ1) is 23.1. The third kappa shape index (κ3) is 76.0. The Bertz CT molecular complexity index is 32.7. The van der Waals surface area contributed by atoms with Crippen molar-refractivity contribution in [3.05, 3.63) is 0 Å². The molecule has 2 N–H and O–H groups in total. The molecule has 0 atom stereocenters. The van der Waals surface area contributed by atoms with Crippen LogP contribution in [0.25, 0.3) is 0 Å². The summed E-state index contributed by atoms with van der Waals surface area (Å²) in [5, 5.41) is 0. The fourth-order valence-corrected chi connectivity index (χ4v) is 0. The first-order valence-electron chi connectivity index (χ1n) is 0.612. The van der Waals surface area contributed by atoms with Gasteiger partial charge < -0.3 is 5.48 Å². The molecule has 0 aliphatic carbocycles. The Labute approximate surface area is 90.2 Å². The van der Waals surface area contributed by atoms with Crippen LogP contribution in [0, 0.1) is 0 Å². The topological polar surface area (TPSA) is 94.7 Å². The molecule has 0 saturated heterocycles. The van der Waals surface area contributed by atoms with Gasteiger partial charge in [0, 0.05) is 0 Å². The van der Waals surface area contributed by atoms with Gasteiger partial charge >= 0.3 is 86.1 Å². The van der Waals surface area contributed by atoms with E-state index in [1.807, 2.05) is 0 Å². The Morgan fingerprint density at radius 2 is 1.14 bits per heavy atom. The van der Waals surface area contributed by atoms with Gasteiger partial charge in [-0.2, -0.15) is 0 Å². The molecule has 0 rings (SSSR count). The minimum absolute atomic E-state index is 0. The van der Waals surface area contributed by atoms with Gasteiger partial charge in [-0.15, -0.1) is 0 Å². The van der Waals surface area contributed by atoms with Gasteiger partial charge in [-0.05, 0) is 0 Å². The van der Waals surface area contributed by atoms with Crippen LogP contribution >= 0.6 is 0 Å². The van der Waals surface area contributed by atoms with E-state index in [-0.39, 0.29) is 64.6 Å². The van der Waals surface area contributed by atoms with Gasteiger partial charge in [0.05, 0.1) is 0 Å². The molecule has 0 aliphatic rings. The normalized spacial score (nSPS) is 3.43. The van der Waals surface area contributed by atoms with Gasteiger partial charge in [-0.25, -0.2) is 0 Å². The van der Waals surface area contributed by atoms with Crippen molar-refractivity contribution >= 4 is 15.0 Å². The maximum atomic E-state index is 8.58. The predicted molar refractivity (Wildman–Crippen MR) is 10.1 cm³/mol. The first-order valence-corrected chi connectivity index (χ1v) is 3.18. The molecule has 0 aromatic carbocycles. The monoisotopic (exact) mass is 186 g/mol.